The Hall–Kier alpha value is -1.13. The van der Waals surface area contributed by atoms with E-state index in [-0.39, 0.29) is 18.6 Å². The van der Waals surface area contributed by atoms with E-state index in [9.17, 15) is 9.90 Å². The van der Waals surface area contributed by atoms with Crippen molar-refractivity contribution in [3.63, 3.8) is 0 Å². The van der Waals surface area contributed by atoms with Crippen LogP contribution in [0.4, 0.5) is 0 Å². The molecule has 1 N–H and O–H groups in total. The Kier molecular flexibility index (Phi) is 4.19. The second kappa shape index (κ2) is 5.67. The summed E-state index contributed by atoms with van der Waals surface area (Å²) in [6.45, 7) is 2.69. The first-order valence-electron chi connectivity index (χ1n) is 6.24. The van der Waals surface area contributed by atoms with E-state index in [2.05, 4.69) is 4.98 Å². The predicted octanol–water partition coefficient (Wildman–Crippen LogP) is 1.89. The Bertz CT molecular complexity index is 451. The highest BCUT2D eigenvalue weighted by Gasteiger charge is 2.29. The summed E-state index contributed by atoms with van der Waals surface area (Å²) in [6, 6.07) is 3.31. The number of hydrogen-bond acceptors (Lipinski definition) is 3. The molecule has 4 nitrogen and oxygen atoms in total. The molecule has 98 valence electrons. The number of aryl methyl sites for hydroxylation is 1. The summed E-state index contributed by atoms with van der Waals surface area (Å²) in [7, 11) is 0. The van der Waals surface area contributed by atoms with Crippen molar-refractivity contribution in [3.05, 3.63) is 28.5 Å². The van der Waals surface area contributed by atoms with Crippen LogP contribution in [0.25, 0.3) is 0 Å². The lowest BCUT2D eigenvalue weighted by atomic mass is 10.1. The number of amides is 1. The molecule has 2 rings (SSSR count). The molecule has 18 heavy (non-hydrogen) atoms. The molecule has 1 aromatic heterocycles. The van der Waals surface area contributed by atoms with Crippen molar-refractivity contribution in [1.29, 1.82) is 0 Å². The van der Waals surface area contributed by atoms with Crippen LogP contribution in [-0.2, 0) is 6.42 Å². The number of aliphatic hydroxyl groups is 1. The minimum absolute atomic E-state index is 0.0190. The van der Waals surface area contributed by atoms with Crippen molar-refractivity contribution in [2.75, 3.05) is 13.2 Å². The van der Waals surface area contributed by atoms with Crippen molar-refractivity contribution in [2.24, 2.45) is 0 Å². The molecule has 1 aliphatic rings. The Labute approximate surface area is 112 Å². The summed E-state index contributed by atoms with van der Waals surface area (Å²) in [4.78, 5) is 18.2. The topological polar surface area (TPSA) is 53.4 Å². The number of rotatable bonds is 3. The number of aromatic nitrogens is 1. The zero-order valence-electron chi connectivity index (χ0n) is 10.4. The maximum absolute atomic E-state index is 12.4. The first kappa shape index (κ1) is 13.3. The third-order valence-corrected chi connectivity index (χ3v) is 3.50. The third kappa shape index (κ3) is 2.65. The molecule has 1 amide bonds. The van der Waals surface area contributed by atoms with E-state index in [1.165, 1.54) is 0 Å². The zero-order valence-corrected chi connectivity index (χ0v) is 11.2. The summed E-state index contributed by atoms with van der Waals surface area (Å²) in [6.07, 6.45) is 2.54. The number of halogens is 1. The highest BCUT2D eigenvalue weighted by molar-refractivity contribution is 6.29. The summed E-state index contributed by atoms with van der Waals surface area (Å²) >= 11 is 5.92. The van der Waals surface area contributed by atoms with E-state index in [0.717, 1.165) is 25.0 Å². The molecule has 0 radical (unpaired) electrons. The molecule has 2 heterocycles. The molecule has 5 heteroatoms. The fourth-order valence-corrected chi connectivity index (χ4v) is 2.54. The maximum atomic E-state index is 12.4. The Morgan fingerprint density at radius 1 is 1.61 bits per heavy atom. The van der Waals surface area contributed by atoms with Crippen LogP contribution in [0.15, 0.2) is 12.1 Å². The number of carbonyl (C=O) groups is 1. The van der Waals surface area contributed by atoms with Gasteiger partial charge in [0.15, 0.2) is 0 Å². The van der Waals surface area contributed by atoms with Crippen LogP contribution in [0.3, 0.4) is 0 Å². The molecule has 1 aromatic rings. The van der Waals surface area contributed by atoms with E-state index < -0.39 is 0 Å². The normalized spacial score (nSPS) is 19.3. The second-order valence-corrected chi connectivity index (χ2v) is 4.89. The van der Waals surface area contributed by atoms with Gasteiger partial charge in [-0.15, -0.1) is 0 Å². The van der Waals surface area contributed by atoms with Gasteiger partial charge >= 0.3 is 0 Å². The third-order valence-electron chi connectivity index (χ3n) is 3.31. The lowest BCUT2D eigenvalue weighted by Gasteiger charge is -2.23. The van der Waals surface area contributed by atoms with E-state index in [4.69, 9.17) is 11.6 Å². The van der Waals surface area contributed by atoms with E-state index >= 15 is 0 Å². The number of carbonyl (C=O) groups excluding carboxylic acids is 1. The van der Waals surface area contributed by atoms with Gasteiger partial charge in [0.1, 0.15) is 5.15 Å². The van der Waals surface area contributed by atoms with Crippen LogP contribution in [0.1, 0.15) is 35.8 Å². The Morgan fingerprint density at radius 2 is 2.39 bits per heavy atom. The van der Waals surface area contributed by atoms with Gasteiger partial charge in [0.25, 0.3) is 5.91 Å². The minimum Gasteiger partial charge on any atom is -0.394 e. The Balaban J connectivity index is 2.25. The largest absolute Gasteiger partial charge is 0.394 e. The van der Waals surface area contributed by atoms with Gasteiger partial charge in [-0.1, -0.05) is 18.5 Å². The molecule has 0 aliphatic carbocycles. The molecule has 0 saturated carbocycles. The summed E-state index contributed by atoms with van der Waals surface area (Å²) in [5.41, 5.74) is 1.37. The fraction of sp³-hybridized carbons (Fsp3) is 0.538. The predicted molar refractivity (Wildman–Crippen MR) is 69.8 cm³/mol. The average molecular weight is 269 g/mol. The smallest absolute Gasteiger partial charge is 0.254 e. The van der Waals surface area contributed by atoms with Crippen LogP contribution in [0.5, 0.6) is 0 Å². The number of aliphatic hydroxyl groups excluding tert-OH is 1. The zero-order chi connectivity index (χ0) is 13.1. The molecule has 0 spiro atoms. The van der Waals surface area contributed by atoms with E-state index in [1.54, 1.807) is 17.0 Å². The van der Waals surface area contributed by atoms with Crippen molar-refractivity contribution >= 4 is 17.5 Å². The number of hydrogen-bond donors (Lipinski definition) is 1. The van der Waals surface area contributed by atoms with Gasteiger partial charge in [0.05, 0.1) is 12.6 Å². The maximum Gasteiger partial charge on any atom is 0.254 e. The van der Waals surface area contributed by atoms with Crippen molar-refractivity contribution in [3.8, 4) is 0 Å². The average Bonchev–Trinajstić information content (AvgIpc) is 2.85. The van der Waals surface area contributed by atoms with Crippen LogP contribution >= 0.6 is 11.6 Å². The monoisotopic (exact) mass is 268 g/mol. The summed E-state index contributed by atoms with van der Waals surface area (Å²) in [5.74, 6) is -0.0643. The van der Waals surface area contributed by atoms with Gasteiger partial charge in [-0.3, -0.25) is 4.79 Å². The molecule has 1 saturated heterocycles. The molecule has 0 aromatic carbocycles. The van der Waals surface area contributed by atoms with Crippen molar-refractivity contribution in [2.45, 2.75) is 32.2 Å². The van der Waals surface area contributed by atoms with Gasteiger partial charge < -0.3 is 10.0 Å². The fourth-order valence-electron chi connectivity index (χ4n) is 2.31. The number of likely N-dealkylation sites (tertiary alicyclic amines) is 1. The Morgan fingerprint density at radius 3 is 3.06 bits per heavy atom. The van der Waals surface area contributed by atoms with Crippen LogP contribution in [-0.4, -0.2) is 40.1 Å². The van der Waals surface area contributed by atoms with Gasteiger partial charge in [-0.05, 0) is 31.4 Å². The molecular weight excluding hydrogens is 252 g/mol. The summed E-state index contributed by atoms with van der Waals surface area (Å²) in [5, 5.41) is 9.60. The number of pyridine rings is 1. The molecule has 1 atom stereocenters. The second-order valence-electron chi connectivity index (χ2n) is 4.50. The molecular formula is C13H17ClN2O2. The molecule has 1 aliphatic heterocycles. The number of nitrogens with zero attached hydrogens (tertiary/aromatic N) is 2. The van der Waals surface area contributed by atoms with Gasteiger partial charge in [-0.25, -0.2) is 4.98 Å². The molecule has 1 unspecified atom stereocenters. The van der Waals surface area contributed by atoms with Crippen LogP contribution in [0, 0.1) is 0 Å². The summed E-state index contributed by atoms with van der Waals surface area (Å²) < 4.78 is 0. The molecule has 1 fully saturated rings. The SMILES string of the molecule is CCc1cc(C(=O)N2CCCC2CO)cc(Cl)n1. The van der Waals surface area contributed by atoms with E-state index in [0.29, 0.717) is 17.3 Å². The first-order chi connectivity index (χ1) is 8.65. The first-order valence-corrected chi connectivity index (χ1v) is 6.61. The van der Waals surface area contributed by atoms with Crippen LogP contribution < -0.4 is 0 Å². The highest BCUT2D eigenvalue weighted by atomic mass is 35.5. The standard InChI is InChI=1S/C13H17ClN2O2/c1-2-10-6-9(7-12(14)15-10)13(18)16-5-3-4-11(16)8-17/h6-7,11,17H,2-5,8H2,1H3. The molecule has 0 bridgehead atoms. The van der Waals surface area contributed by atoms with Gasteiger partial charge in [-0.2, -0.15) is 0 Å². The lowest BCUT2D eigenvalue weighted by molar-refractivity contribution is 0.0677. The van der Waals surface area contributed by atoms with Crippen LogP contribution in [0.2, 0.25) is 5.15 Å². The highest BCUT2D eigenvalue weighted by Crippen LogP contribution is 2.21. The van der Waals surface area contributed by atoms with E-state index in [1.807, 2.05) is 6.92 Å². The lowest BCUT2D eigenvalue weighted by Crippen LogP contribution is -2.37. The van der Waals surface area contributed by atoms with Gasteiger partial charge in [0, 0.05) is 17.8 Å². The minimum atomic E-state index is -0.0643. The van der Waals surface area contributed by atoms with Crippen molar-refractivity contribution < 1.29 is 9.90 Å². The van der Waals surface area contributed by atoms with Crippen molar-refractivity contribution in [1.82, 2.24) is 9.88 Å². The quantitative estimate of drug-likeness (QED) is 0.852. The van der Waals surface area contributed by atoms with Gasteiger partial charge in [0.2, 0.25) is 0 Å².